The van der Waals surface area contributed by atoms with Crippen molar-refractivity contribution in [2.45, 2.75) is 10.6 Å². The first-order valence-electron chi connectivity index (χ1n) is 3.32. The van der Waals surface area contributed by atoms with Crippen LogP contribution >= 0.6 is 11.6 Å². The summed E-state index contributed by atoms with van der Waals surface area (Å²) in [7, 11) is -3.07. The first-order valence-corrected chi connectivity index (χ1v) is 5.47. The molecule has 0 aromatic rings. The molecule has 1 aliphatic rings. The van der Waals surface area contributed by atoms with Crippen LogP contribution in [0.5, 0.6) is 0 Å². The average Bonchev–Trinajstić information content (AvgIpc) is 1.83. The van der Waals surface area contributed by atoms with Crippen LogP contribution in [0, 0.1) is 0 Å². The first-order chi connectivity index (χ1) is 5.08. The minimum Gasteiger partial charge on any atom is -0.329 e. The lowest BCUT2D eigenvalue weighted by Crippen LogP contribution is -2.37. The Balaban J connectivity index is 2.67. The minimum atomic E-state index is -3.07. The molecule has 64 valence electrons. The Morgan fingerprint density at radius 2 is 2.09 bits per heavy atom. The molecular weight excluding hydrogens is 186 g/mol. The van der Waals surface area contributed by atoms with Gasteiger partial charge in [-0.25, -0.2) is 8.42 Å². The summed E-state index contributed by atoms with van der Waals surface area (Å²) in [5, 5.41) is -0.862. The van der Waals surface area contributed by atoms with Crippen molar-refractivity contribution in [1.82, 2.24) is 0 Å². The highest BCUT2D eigenvalue weighted by Gasteiger charge is 2.33. The van der Waals surface area contributed by atoms with E-state index < -0.39 is 15.1 Å². The van der Waals surface area contributed by atoms with Gasteiger partial charge in [-0.3, -0.25) is 0 Å². The zero-order valence-corrected chi connectivity index (χ0v) is 7.48. The van der Waals surface area contributed by atoms with Gasteiger partial charge in [0.05, 0.1) is 16.4 Å². The quantitative estimate of drug-likeness (QED) is 0.506. The van der Waals surface area contributed by atoms with E-state index in [0.717, 1.165) is 0 Å². The summed E-state index contributed by atoms with van der Waals surface area (Å²) in [6, 6.07) is 0. The van der Waals surface area contributed by atoms with E-state index in [1.54, 1.807) is 12.2 Å². The second-order valence-electron chi connectivity index (χ2n) is 2.45. The number of hydrogen-bond donors (Lipinski definition) is 1. The van der Waals surface area contributed by atoms with Gasteiger partial charge < -0.3 is 5.73 Å². The minimum absolute atomic E-state index is 0.0191. The number of nitrogens with two attached hydrogens (primary N) is 1. The Bertz CT molecular complexity index is 260. The van der Waals surface area contributed by atoms with Crippen LogP contribution < -0.4 is 5.73 Å². The van der Waals surface area contributed by atoms with Gasteiger partial charge in [-0.15, -0.1) is 11.6 Å². The summed E-state index contributed by atoms with van der Waals surface area (Å²) >= 11 is 5.63. The number of alkyl halides is 1. The highest BCUT2D eigenvalue weighted by Crippen LogP contribution is 2.23. The summed E-state index contributed by atoms with van der Waals surface area (Å²) in [4.78, 5) is 0. The molecule has 0 heterocycles. The number of halogens is 1. The van der Waals surface area contributed by atoms with Crippen molar-refractivity contribution in [2.75, 3.05) is 12.3 Å². The van der Waals surface area contributed by atoms with Crippen LogP contribution in [0.25, 0.3) is 0 Å². The Morgan fingerprint density at radius 1 is 1.45 bits per heavy atom. The molecule has 0 radical (unpaired) electrons. The lowest BCUT2D eigenvalue weighted by atomic mass is 10.1. The molecule has 2 unspecified atom stereocenters. The smallest absolute Gasteiger partial charge is 0.159 e. The molecule has 0 bridgehead atoms. The SMILES string of the molecule is NCCS(=O)(=O)C1C=CC1Cl. The molecule has 5 heteroatoms. The number of allylic oxidation sites excluding steroid dienone is 1. The van der Waals surface area contributed by atoms with Gasteiger partial charge in [0.15, 0.2) is 9.84 Å². The van der Waals surface area contributed by atoms with Gasteiger partial charge in [-0.2, -0.15) is 0 Å². The van der Waals surface area contributed by atoms with Gasteiger partial charge >= 0.3 is 0 Å². The van der Waals surface area contributed by atoms with Crippen molar-refractivity contribution in [1.29, 1.82) is 0 Å². The number of hydrogen-bond acceptors (Lipinski definition) is 3. The van der Waals surface area contributed by atoms with Crippen LogP contribution in [0.4, 0.5) is 0 Å². The molecule has 2 atom stereocenters. The molecule has 0 fully saturated rings. The van der Waals surface area contributed by atoms with Gasteiger partial charge in [-0.1, -0.05) is 12.2 Å². The Kier molecular flexibility index (Phi) is 2.57. The van der Waals surface area contributed by atoms with Gasteiger partial charge in [0.2, 0.25) is 0 Å². The molecular formula is C6H10ClNO2S. The van der Waals surface area contributed by atoms with E-state index in [2.05, 4.69) is 0 Å². The maximum Gasteiger partial charge on any atom is 0.159 e. The Labute approximate surface area is 71.1 Å². The van der Waals surface area contributed by atoms with Crippen molar-refractivity contribution in [3.8, 4) is 0 Å². The average molecular weight is 196 g/mol. The summed E-state index contributed by atoms with van der Waals surface area (Å²) in [6.45, 7) is 0.163. The summed E-state index contributed by atoms with van der Waals surface area (Å²) in [5.74, 6) is 0.0191. The predicted molar refractivity (Wildman–Crippen MR) is 45.4 cm³/mol. The molecule has 0 aromatic carbocycles. The van der Waals surface area contributed by atoms with Crippen LogP contribution in [-0.2, 0) is 9.84 Å². The monoisotopic (exact) mass is 195 g/mol. The molecule has 1 aliphatic carbocycles. The fraction of sp³-hybridized carbons (Fsp3) is 0.667. The van der Waals surface area contributed by atoms with Crippen molar-refractivity contribution in [3.63, 3.8) is 0 Å². The van der Waals surface area contributed by atoms with E-state index in [4.69, 9.17) is 17.3 Å². The van der Waals surface area contributed by atoms with E-state index in [0.29, 0.717) is 0 Å². The summed E-state index contributed by atoms with van der Waals surface area (Å²) < 4.78 is 22.4. The highest BCUT2D eigenvalue weighted by atomic mass is 35.5. The third-order valence-electron chi connectivity index (χ3n) is 1.62. The second kappa shape index (κ2) is 3.13. The first kappa shape index (κ1) is 9.03. The molecule has 11 heavy (non-hydrogen) atoms. The fourth-order valence-electron chi connectivity index (χ4n) is 0.904. The molecule has 0 aromatic heterocycles. The Morgan fingerprint density at radius 3 is 2.36 bits per heavy atom. The van der Waals surface area contributed by atoms with Crippen molar-refractivity contribution >= 4 is 21.4 Å². The van der Waals surface area contributed by atoms with Crippen LogP contribution in [0.1, 0.15) is 0 Å². The summed E-state index contributed by atoms with van der Waals surface area (Å²) in [6.07, 6.45) is 3.27. The number of rotatable bonds is 3. The molecule has 0 amide bonds. The highest BCUT2D eigenvalue weighted by molar-refractivity contribution is 7.92. The number of sulfone groups is 1. The maximum absolute atomic E-state index is 11.2. The topological polar surface area (TPSA) is 60.2 Å². The van der Waals surface area contributed by atoms with Crippen LogP contribution in [0.2, 0.25) is 0 Å². The fourth-order valence-corrected chi connectivity index (χ4v) is 2.96. The zero-order valence-electron chi connectivity index (χ0n) is 5.90. The van der Waals surface area contributed by atoms with Crippen LogP contribution in [0.3, 0.4) is 0 Å². The molecule has 0 saturated heterocycles. The van der Waals surface area contributed by atoms with Gasteiger partial charge in [0.25, 0.3) is 0 Å². The van der Waals surface area contributed by atoms with Gasteiger partial charge in [-0.05, 0) is 0 Å². The second-order valence-corrected chi connectivity index (χ2v) is 5.23. The molecule has 1 rings (SSSR count). The van der Waals surface area contributed by atoms with E-state index >= 15 is 0 Å². The third-order valence-corrected chi connectivity index (χ3v) is 4.27. The third kappa shape index (κ3) is 1.75. The molecule has 3 nitrogen and oxygen atoms in total. The van der Waals surface area contributed by atoms with E-state index in [1.165, 1.54) is 0 Å². The normalized spacial score (nSPS) is 30.0. The van der Waals surface area contributed by atoms with Crippen molar-refractivity contribution < 1.29 is 8.42 Å². The predicted octanol–water partition coefficient (Wildman–Crippen LogP) is -0.0943. The zero-order chi connectivity index (χ0) is 8.48. The van der Waals surface area contributed by atoms with Gasteiger partial charge in [0, 0.05) is 6.54 Å². The molecule has 0 spiro atoms. The Hall–Kier alpha value is -0.0600. The largest absolute Gasteiger partial charge is 0.329 e. The lowest BCUT2D eigenvalue weighted by Gasteiger charge is -2.23. The van der Waals surface area contributed by atoms with E-state index in [-0.39, 0.29) is 17.7 Å². The standard InChI is InChI=1S/C6H10ClNO2S/c7-5-1-2-6(5)11(9,10)4-3-8/h1-2,5-6H,3-4,8H2. The van der Waals surface area contributed by atoms with Crippen LogP contribution in [-0.4, -0.2) is 31.3 Å². The molecule has 2 N–H and O–H groups in total. The van der Waals surface area contributed by atoms with E-state index in [1.807, 2.05) is 0 Å². The van der Waals surface area contributed by atoms with Crippen molar-refractivity contribution in [3.05, 3.63) is 12.2 Å². The van der Waals surface area contributed by atoms with Crippen molar-refractivity contribution in [2.24, 2.45) is 5.73 Å². The van der Waals surface area contributed by atoms with Gasteiger partial charge in [0.1, 0.15) is 0 Å². The maximum atomic E-state index is 11.2. The summed E-state index contributed by atoms with van der Waals surface area (Å²) in [5.41, 5.74) is 5.13. The van der Waals surface area contributed by atoms with E-state index in [9.17, 15) is 8.42 Å². The lowest BCUT2D eigenvalue weighted by molar-refractivity contribution is 0.585. The van der Waals surface area contributed by atoms with Crippen LogP contribution in [0.15, 0.2) is 12.2 Å². The molecule has 0 aliphatic heterocycles. The molecule has 0 saturated carbocycles.